The van der Waals surface area contributed by atoms with Gasteiger partial charge in [-0.2, -0.15) is 0 Å². The number of hydrogen-bond acceptors (Lipinski definition) is 2. The quantitative estimate of drug-likeness (QED) is 0.890. The van der Waals surface area contributed by atoms with Crippen LogP contribution in [0, 0.1) is 0 Å². The van der Waals surface area contributed by atoms with Crippen molar-refractivity contribution in [3.8, 4) is 0 Å². The molecule has 0 spiro atoms. The van der Waals surface area contributed by atoms with Crippen molar-refractivity contribution in [3.63, 3.8) is 0 Å². The van der Waals surface area contributed by atoms with Crippen molar-refractivity contribution in [1.29, 1.82) is 0 Å². The van der Waals surface area contributed by atoms with Crippen LogP contribution in [-0.2, 0) is 10.3 Å². The molecular formula is C13H16Cl2O2. The topological polar surface area (TPSA) is 29.5 Å². The lowest BCUT2D eigenvalue weighted by Crippen LogP contribution is -2.38. The van der Waals surface area contributed by atoms with E-state index in [1.165, 1.54) is 0 Å². The van der Waals surface area contributed by atoms with Crippen LogP contribution >= 0.6 is 23.2 Å². The van der Waals surface area contributed by atoms with E-state index in [9.17, 15) is 5.11 Å². The van der Waals surface area contributed by atoms with Gasteiger partial charge in [0.25, 0.3) is 0 Å². The first-order valence-corrected chi connectivity index (χ1v) is 6.60. The first kappa shape index (κ1) is 13.2. The molecule has 1 fully saturated rings. The summed E-state index contributed by atoms with van der Waals surface area (Å²) in [5, 5.41) is 11.7. The minimum atomic E-state index is -0.840. The summed E-state index contributed by atoms with van der Waals surface area (Å²) in [6.07, 6.45) is 2.23. The van der Waals surface area contributed by atoms with Gasteiger partial charge in [0.1, 0.15) is 0 Å². The average molecular weight is 275 g/mol. The minimum absolute atomic E-state index is 0.114. The molecule has 2 nitrogen and oxygen atoms in total. The third kappa shape index (κ3) is 2.76. The van der Waals surface area contributed by atoms with E-state index in [4.69, 9.17) is 27.9 Å². The molecule has 2 unspecified atom stereocenters. The maximum absolute atomic E-state index is 10.7. The van der Waals surface area contributed by atoms with Crippen molar-refractivity contribution in [2.75, 3.05) is 6.61 Å². The van der Waals surface area contributed by atoms with Crippen LogP contribution in [0.2, 0.25) is 10.0 Å². The van der Waals surface area contributed by atoms with Gasteiger partial charge in [-0.15, -0.1) is 0 Å². The molecule has 4 heteroatoms. The molecule has 0 radical (unpaired) electrons. The molecule has 2 atom stereocenters. The van der Waals surface area contributed by atoms with Crippen molar-refractivity contribution in [1.82, 2.24) is 0 Å². The van der Waals surface area contributed by atoms with E-state index in [0.717, 1.165) is 12.0 Å². The molecule has 0 saturated carbocycles. The monoisotopic (exact) mass is 274 g/mol. The first-order chi connectivity index (χ1) is 8.05. The lowest BCUT2D eigenvalue weighted by atomic mass is 9.83. The molecule has 94 valence electrons. The zero-order valence-corrected chi connectivity index (χ0v) is 11.3. The maximum atomic E-state index is 10.7. The predicted molar refractivity (Wildman–Crippen MR) is 69.6 cm³/mol. The van der Waals surface area contributed by atoms with E-state index < -0.39 is 5.60 Å². The van der Waals surface area contributed by atoms with Gasteiger partial charge in [0, 0.05) is 12.8 Å². The molecule has 1 saturated heterocycles. The third-order valence-corrected chi connectivity index (χ3v) is 4.09. The number of rotatable bonds is 2. The Labute approximate surface area is 111 Å². The first-order valence-electron chi connectivity index (χ1n) is 5.84. The molecule has 1 aromatic carbocycles. The van der Waals surface area contributed by atoms with E-state index in [2.05, 4.69) is 6.92 Å². The van der Waals surface area contributed by atoms with Gasteiger partial charge in [-0.1, -0.05) is 36.2 Å². The standard InChI is InChI=1S/C13H16Cl2O2/c1-2-10-8-13(16,5-6-17-10)9-3-4-11(14)12(15)7-9/h3-4,7,10,16H,2,5-6,8H2,1H3. The van der Waals surface area contributed by atoms with E-state index >= 15 is 0 Å². The largest absolute Gasteiger partial charge is 0.385 e. The van der Waals surface area contributed by atoms with E-state index in [0.29, 0.717) is 29.5 Å². The van der Waals surface area contributed by atoms with Crippen molar-refractivity contribution in [3.05, 3.63) is 33.8 Å². The summed E-state index contributed by atoms with van der Waals surface area (Å²) in [6, 6.07) is 5.32. The zero-order valence-electron chi connectivity index (χ0n) is 9.75. The molecule has 2 rings (SSSR count). The van der Waals surface area contributed by atoms with Crippen molar-refractivity contribution < 1.29 is 9.84 Å². The average Bonchev–Trinajstić information content (AvgIpc) is 2.32. The predicted octanol–water partition coefficient (Wildman–Crippen LogP) is 3.77. The minimum Gasteiger partial charge on any atom is -0.385 e. The summed E-state index contributed by atoms with van der Waals surface area (Å²) in [4.78, 5) is 0. The highest BCUT2D eigenvalue weighted by atomic mass is 35.5. The Morgan fingerprint density at radius 3 is 2.82 bits per heavy atom. The van der Waals surface area contributed by atoms with Crippen LogP contribution in [0.15, 0.2) is 18.2 Å². The van der Waals surface area contributed by atoms with E-state index in [1.807, 2.05) is 6.07 Å². The molecule has 1 heterocycles. The van der Waals surface area contributed by atoms with Gasteiger partial charge in [-0.3, -0.25) is 0 Å². The van der Waals surface area contributed by atoms with Crippen LogP contribution in [0.1, 0.15) is 31.7 Å². The molecule has 0 aromatic heterocycles. The van der Waals surface area contributed by atoms with Crippen LogP contribution in [0.4, 0.5) is 0 Å². The van der Waals surface area contributed by atoms with Gasteiger partial charge in [0.15, 0.2) is 0 Å². The van der Waals surface area contributed by atoms with Gasteiger partial charge in [0.2, 0.25) is 0 Å². The molecule has 1 aromatic rings. The SMILES string of the molecule is CCC1CC(O)(c2ccc(Cl)c(Cl)c2)CCO1. The van der Waals surface area contributed by atoms with Gasteiger partial charge in [-0.05, 0) is 24.1 Å². The van der Waals surface area contributed by atoms with Crippen LogP contribution in [0.25, 0.3) is 0 Å². The van der Waals surface area contributed by atoms with Gasteiger partial charge < -0.3 is 9.84 Å². The highest BCUT2D eigenvalue weighted by Crippen LogP contribution is 2.37. The summed E-state index contributed by atoms with van der Waals surface area (Å²) in [7, 11) is 0. The van der Waals surface area contributed by atoms with Crippen molar-refractivity contribution >= 4 is 23.2 Å². The molecular weight excluding hydrogens is 259 g/mol. The fourth-order valence-electron chi connectivity index (χ4n) is 2.24. The summed E-state index contributed by atoms with van der Waals surface area (Å²) in [5.74, 6) is 0. The Bertz CT molecular complexity index is 408. The summed E-state index contributed by atoms with van der Waals surface area (Å²) >= 11 is 11.9. The molecule has 1 aliphatic rings. The zero-order chi connectivity index (χ0) is 12.5. The van der Waals surface area contributed by atoms with E-state index in [-0.39, 0.29) is 6.10 Å². The number of benzene rings is 1. The van der Waals surface area contributed by atoms with Crippen LogP contribution in [0.3, 0.4) is 0 Å². The van der Waals surface area contributed by atoms with Crippen molar-refractivity contribution in [2.45, 2.75) is 37.9 Å². The molecule has 1 N–H and O–H groups in total. The Hall–Kier alpha value is -0.280. The number of ether oxygens (including phenoxy) is 1. The second-order valence-corrected chi connectivity index (χ2v) is 5.33. The van der Waals surface area contributed by atoms with Gasteiger partial charge in [-0.25, -0.2) is 0 Å². The normalized spacial score (nSPS) is 29.3. The Morgan fingerprint density at radius 1 is 1.41 bits per heavy atom. The summed E-state index contributed by atoms with van der Waals surface area (Å²) in [6.45, 7) is 2.64. The van der Waals surface area contributed by atoms with Crippen LogP contribution in [-0.4, -0.2) is 17.8 Å². The molecule has 0 bridgehead atoms. The van der Waals surface area contributed by atoms with Crippen molar-refractivity contribution in [2.24, 2.45) is 0 Å². The smallest absolute Gasteiger partial charge is 0.0943 e. The number of halogens is 2. The second kappa shape index (κ2) is 5.15. The summed E-state index contributed by atoms with van der Waals surface area (Å²) < 4.78 is 5.58. The van der Waals surface area contributed by atoms with E-state index in [1.54, 1.807) is 12.1 Å². The maximum Gasteiger partial charge on any atom is 0.0943 e. The van der Waals surface area contributed by atoms with Gasteiger partial charge >= 0.3 is 0 Å². The van der Waals surface area contributed by atoms with Crippen LogP contribution in [0.5, 0.6) is 0 Å². The highest BCUT2D eigenvalue weighted by molar-refractivity contribution is 6.42. The lowest BCUT2D eigenvalue weighted by Gasteiger charge is -2.37. The molecule has 1 aliphatic heterocycles. The lowest BCUT2D eigenvalue weighted by molar-refractivity contribution is -0.108. The van der Waals surface area contributed by atoms with Crippen LogP contribution < -0.4 is 0 Å². The Kier molecular flexibility index (Phi) is 3.99. The molecule has 0 amide bonds. The Balaban J connectivity index is 2.27. The number of aliphatic hydroxyl groups is 1. The molecule has 0 aliphatic carbocycles. The molecule has 17 heavy (non-hydrogen) atoms. The summed E-state index contributed by atoms with van der Waals surface area (Å²) in [5.41, 5.74) is -0.0127. The second-order valence-electron chi connectivity index (χ2n) is 4.52. The van der Waals surface area contributed by atoms with Gasteiger partial charge in [0.05, 0.1) is 28.4 Å². The highest BCUT2D eigenvalue weighted by Gasteiger charge is 2.36. The number of hydrogen-bond donors (Lipinski definition) is 1. The Morgan fingerprint density at radius 2 is 2.18 bits per heavy atom. The third-order valence-electron chi connectivity index (χ3n) is 3.35. The fourth-order valence-corrected chi connectivity index (χ4v) is 2.54. The fraction of sp³-hybridized carbons (Fsp3) is 0.538.